The van der Waals surface area contributed by atoms with E-state index < -0.39 is 0 Å². The minimum atomic E-state index is -0.0609. The second-order valence-corrected chi connectivity index (χ2v) is 3.49. The molecule has 0 amide bonds. The van der Waals surface area contributed by atoms with Crippen LogP contribution in [-0.4, -0.2) is 0 Å². The van der Waals surface area contributed by atoms with Crippen LogP contribution in [0, 0.1) is 16.7 Å². The maximum Gasteiger partial charge on any atom is 0.114 e. The minimum Gasteiger partial charge on any atom is -0.191 e. The summed E-state index contributed by atoms with van der Waals surface area (Å²) >= 11 is 5.55. The van der Waals surface area contributed by atoms with Crippen molar-refractivity contribution in [3.8, 4) is 6.07 Å². The van der Waals surface area contributed by atoms with Gasteiger partial charge in [0.15, 0.2) is 0 Å². The van der Waals surface area contributed by atoms with Crippen molar-refractivity contribution in [2.45, 2.75) is 20.3 Å². The summed E-state index contributed by atoms with van der Waals surface area (Å²) in [6, 6.07) is 1.87. The molecule has 0 fully saturated rings. The van der Waals surface area contributed by atoms with Crippen LogP contribution in [0.4, 0.5) is 0 Å². The van der Waals surface area contributed by atoms with E-state index in [1.807, 2.05) is 26.0 Å². The average molecular weight is 170 g/mol. The monoisotopic (exact) mass is 169 g/mol. The van der Waals surface area contributed by atoms with Crippen molar-refractivity contribution in [2.24, 2.45) is 5.41 Å². The molecule has 0 saturated heterocycles. The zero-order valence-electron chi connectivity index (χ0n) is 6.89. The Morgan fingerprint density at radius 3 is 2.64 bits per heavy atom. The normalized spacial score (nSPS) is 12.4. The van der Waals surface area contributed by atoms with Crippen LogP contribution in [0.5, 0.6) is 0 Å². The highest BCUT2D eigenvalue weighted by atomic mass is 35.5. The number of hydrogen-bond acceptors (Lipinski definition) is 1. The van der Waals surface area contributed by atoms with Gasteiger partial charge in [0.1, 0.15) is 11.1 Å². The van der Waals surface area contributed by atoms with Crippen LogP contribution in [0.1, 0.15) is 20.3 Å². The lowest BCUT2D eigenvalue weighted by Crippen LogP contribution is -2.05. The third-order valence-electron chi connectivity index (χ3n) is 1.29. The maximum absolute atomic E-state index is 8.39. The molecule has 2 heteroatoms. The van der Waals surface area contributed by atoms with Gasteiger partial charge < -0.3 is 0 Å². The van der Waals surface area contributed by atoms with Crippen molar-refractivity contribution < 1.29 is 0 Å². The summed E-state index contributed by atoms with van der Waals surface area (Å²) in [4.78, 5) is 0. The van der Waals surface area contributed by atoms with Crippen LogP contribution >= 0.6 is 11.6 Å². The lowest BCUT2D eigenvalue weighted by atomic mass is 9.89. The van der Waals surface area contributed by atoms with E-state index in [0.717, 1.165) is 6.42 Å². The van der Waals surface area contributed by atoms with E-state index in [0.29, 0.717) is 0 Å². The lowest BCUT2D eigenvalue weighted by molar-refractivity contribution is 0.488. The van der Waals surface area contributed by atoms with Gasteiger partial charge in [-0.05, 0) is 17.9 Å². The fraction of sp³-hybridized carbons (Fsp3) is 0.444. The lowest BCUT2D eigenvalue weighted by Gasteiger charge is -2.16. The van der Waals surface area contributed by atoms with E-state index in [1.165, 1.54) is 0 Å². The van der Waals surface area contributed by atoms with Crippen molar-refractivity contribution in [2.75, 3.05) is 0 Å². The molecule has 0 rings (SSSR count). The highest BCUT2D eigenvalue weighted by molar-refractivity contribution is 6.31. The first-order valence-corrected chi connectivity index (χ1v) is 3.79. The summed E-state index contributed by atoms with van der Waals surface area (Å²) < 4.78 is 0. The van der Waals surface area contributed by atoms with Crippen molar-refractivity contribution >= 4 is 11.6 Å². The SMILES string of the molecule is C=CCC(C)(C)C=C(Cl)C#N. The number of nitriles is 1. The van der Waals surface area contributed by atoms with Gasteiger partial charge >= 0.3 is 0 Å². The van der Waals surface area contributed by atoms with Crippen LogP contribution in [0.2, 0.25) is 0 Å². The Balaban J connectivity index is 4.34. The first-order chi connectivity index (χ1) is 5.02. The second-order valence-electron chi connectivity index (χ2n) is 3.09. The van der Waals surface area contributed by atoms with Crippen LogP contribution in [0.25, 0.3) is 0 Å². The average Bonchev–Trinajstić information content (AvgIpc) is 1.86. The zero-order chi connectivity index (χ0) is 8.91. The van der Waals surface area contributed by atoms with Gasteiger partial charge in [-0.3, -0.25) is 0 Å². The van der Waals surface area contributed by atoms with Crippen LogP contribution in [-0.2, 0) is 0 Å². The van der Waals surface area contributed by atoms with Crippen molar-refractivity contribution in [1.29, 1.82) is 5.26 Å². The maximum atomic E-state index is 8.39. The van der Waals surface area contributed by atoms with E-state index in [9.17, 15) is 0 Å². The van der Waals surface area contributed by atoms with E-state index in [4.69, 9.17) is 16.9 Å². The summed E-state index contributed by atoms with van der Waals surface area (Å²) in [6.45, 7) is 7.64. The van der Waals surface area contributed by atoms with E-state index >= 15 is 0 Å². The van der Waals surface area contributed by atoms with Crippen LogP contribution in [0.15, 0.2) is 23.8 Å². The molecule has 0 aliphatic rings. The number of rotatable bonds is 3. The molecule has 1 nitrogen and oxygen atoms in total. The molecule has 0 aromatic carbocycles. The quantitative estimate of drug-likeness (QED) is 0.470. The molecule has 0 unspecified atom stereocenters. The molecule has 0 aromatic rings. The summed E-state index contributed by atoms with van der Waals surface area (Å²) in [5.41, 5.74) is -0.0609. The van der Waals surface area contributed by atoms with Crippen molar-refractivity contribution in [3.63, 3.8) is 0 Å². The molecule has 0 spiro atoms. The number of nitrogens with zero attached hydrogens (tertiary/aromatic N) is 1. The topological polar surface area (TPSA) is 23.8 Å². The molecule has 0 heterocycles. The molecule has 0 N–H and O–H groups in total. The highest BCUT2D eigenvalue weighted by Gasteiger charge is 2.12. The molecule has 0 aliphatic heterocycles. The number of halogens is 1. The van der Waals surface area contributed by atoms with Gasteiger partial charge in [0.05, 0.1) is 0 Å². The summed E-state index contributed by atoms with van der Waals surface area (Å²) in [6.07, 6.45) is 4.39. The van der Waals surface area contributed by atoms with Crippen LogP contribution < -0.4 is 0 Å². The van der Waals surface area contributed by atoms with E-state index in [-0.39, 0.29) is 10.4 Å². The third-order valence-corrected chi connectivity index (χ3v) is 1.49. The Morgan fingerprint density at radius 2 is 2.27 bits per heavy atom. The summed E-state index contributed by atoms with van der Waals surface area (Å²) in [5, 5.41) is 8.64. The smallest absolute Gasteiger partial charge is 0.114 e. The van der Waals surface area contributed by atoms with Gasteiger partial charge in [-0.1, -0.05) is 31.5 Å². The van der Waals surface area contributed by atoms with E-state index in [2.05, 4.69) is 6.58 Å². The molecule has 0 atom stereocenters. The van der Waals surface area contributed by atoms with Gasteiger partial charge in [0, 0.05) is 0 Å². The Labute approximate surface area is 73.0 Å². The molecular formula is C9H12ClN. The molecule has 0 radical (unpaired) electrons. The fourth-order valence-corrected chi connectivity index (χ4v) is 1.10. The molecule has 0 aromatic heterocycles. The fourth-order valence-electron chi connectivity index (χ4n) is 0.806. The van der Waals surface area contributed by atoms with Gasteiger partial charge in [0.2, 0.25) is 0 Å². The highest BCUT2D eigenvalue weighted by Crippen LogP contribution is 2.24. The Bertz CT molecular complexity index is 208. The molecule has 0 bridgehead atoms. The van der Waals surface area contributed by atoms with Gasteiger partial charge in [-0.25, -0.2) is 0 Å². The predicted molar refractivity (Wildman–Crippen MR) is 48.1 cm³/mol. The van der Waals surface area contributed by atoms with Gasteiger partial charge in [0.25, 0.3) is 0 Å². The molecule has 0 saturated carbocycles. The number of hydrogen-bond donors (Lipinski definition) is 0. The zero-order valence-corrected chi connectivity index (χ0v) is 7.65. The van der Waals surface area contributed by atoms with E-state index in [1.54, 1.807) is 6.08 Å². The van der Waals surface area contributed by atoms with Gasteiger partial charge in [-0.15, -0.1) is 6.58 Å². The first kappa shape index (κ1) is 10.3. The molecule has 0 aliphatic carbocycles. The molecule has 11 heavy (non-hydrogen) atoms. The van der Waals surface area contributed by atoms with Crippen molar-refractivity contribution in [1.82, 2.24) is 0 Å². The minimum absolute atomic E-state index is 0.0609. The first-order valence-electron chi connectivity index (χ1n) is 3.41. The Kier molecular flexibility index (Phi) is 3.92. The number of allylic oxidation sites excluding steroid dienone is 3. The second kappa shape index (κ2) is 4.20. The van der Waals surface area contributed by atoms with Crippen molar-refractivity contribution in [3.05, 3.63) is 23.8 Å². The standard InChI is InChI=1S/C9H12ClN/c1-4-5-9(2,3)6-8(10)7-11/h4,6H,1,5H2,2-3H3. The third kappa shape index (κ3) is 4.64. The van der Waals surface area contributed by atoms with Gasteiger partial charge in [-0.2, -0.15) is 5.26 Å². The molecule has 60 valence electrons. The summed E-state index contributed by atoms with van der Waals surface area (Å²) in [5.74, 6) is 0. The molecular weight excluding hydrogens is 158 g/mol. The van der Waals surface area contributed by atoms with Crippen LogP contribution in [0.3, 0.4) is 0 Å². The largest absolute Gasteiger partial charge is 0.191 e. The Morgan fingerprint density at radius 1 is 1.73 bits per heavy atom. The predicted octanol–water partition coefficient (Wildman–Crippen LogP) is 3.23. The Hall–Kier alpha value is -0.740. The summed E-state index contributed by atoms with van der Waals surface area (Å²) in [7, 11) is 0.